The van der Waals surface area contributed by atoms with Gasteiger partial charge in [-0.05, 0) is 44.0 Å². The molecule has 0 bridgehead atoms. The molecule has 3 aromatic rings. The highest BCUT2D eigenvalue weighted by molar-refractivity contribution is 7.99. The number of nitrogens with one attached hydrogen (secondary N) is 2. The van der Waals surface area contributed by atoms with Crippen LogP contribution in [0.5, 0.6) is 0 Å². The van der Waals surface area contributed by atoms with Crippen molar-refractivity contribution >= 4 is 29.4 Å². The first-order chi connectivity index (χ1) is 15.4. The van der Waals surface area contributed by atoms with E-state index in [9.17, 15) is 9.59 Å². The topological polar surface area (TPSA) is 102 Å². The number of hydrogen-bond acceptors (Lipinski definition) is 6. The molecule has 8 nitrogen and oxygen atoms in total. The van der Waals surface area contributed by atoms with Gasteiger partial charge in [-0.2, -0.15) is 0 Å². The molecule has 2 amide bonds. The molecule has 0 saturated carbocycles. The minimum absolute atomic E-state index is 0.101. The Morgan fingerprint density at radius 3 is 2.59 bits per heavy atom. The Hall–Kier alpha value is -3.20. The monoisotopic (exact) mass is 452 g/mol. The maximum atomic E-state index is 12.8. The van der Waals surface area contributed by atoms with Gasteiger partial charge in [-0.25, -0.2) is 4.98 Å². The van der Waals surface area contributed by atoms with E-state index in [1.165, 1.54) is 11.8 Å². The molecule has 3 rings (SSSR count). The van der Waals surface area contributed by atoms with Gasteiger partial charge in [-0.1, -0.05) is 49.4 Å². The van der Waals surface area contributed by atoms with Gasteiger partial charge < -0.3 is 15.2 Å². The number of aromatic nitrogens is 4. The highest BCUT2D eigenvalue weighted by Crippen LogP contribution is 2.25. The van der Waals surface area contributed by atoms with E-state index in [1.54, 1.807) is 24.4 Å². The van der Waals surface area contributed by atoms with Gasteiger partial charge in [0.05, 0.1) is 11.8 Å². The van der Waals surface area contributed by atoms with Crippen LogP contribution in [0.15, 0.2) is 53.8 Å². The second-order valence-electron chi connectivity index (χ2n) is 7.70. The fourth-order valence-electron chi connectivity index (χ4n) is 3.22. The van der Waals surface area contributed by atoms with E-state index < -0.39 is 0 Å². The third-order valence-corrected chi connectivity index (χ3v) is 5.80. The highest BCUT2D eigenvalue weighted by atomic mass is 32.2. The number of carbonyl (C=O) groups is 2. The van der Waals surface area contributed by atoms with Crippen molar-refractivity contribution in [1.29, 1.82) is 0 Å². The first kappa shape index (κ1) is 23.5. The van der Waals surface area contributed by atoms with Gasteiger partial charge in [-0.3, -0.25) is 9.59 Å². The summed E-state index contributed by atoms with van der Waals surface area (Å²) in [5.74, 6) is 1.14. The van der Waals surface area contributed by atoms with Gasteiger partial charge >= 0.3 is 0 Å². The van der Waals surface area contributed by atoms with Crippen LogP contribution in [0.25, 0.3) is 0 Å². The zero-order valence-corrected chi connectivity index (χ0v) is 19.5. The molecule has 1 aromatic carbocycles. The standard InChI is InChI=1S/C23H28N6O2S/c1-5-29-21(20(15(2)3)26-22(31)17-10-8-9-16(4)13-17)27-28-23(29)32-14-19(30)25-18-11-6-7-12-24-18/h6-13,15,20H,5,14H2,1-4H3,(H,26,31)(H,24,25,30)/t20-/m0/s1. The Balaban J connectivity index is 1.72. The van der Waals surface area contributed by atoms with E-state index in [0.717, 1.165) is 5.56 Å². The maximum Gasteiger partial charge on any atom is 0.251 e. The Morgan fingerprint density at radius 2 is 1.94 bits per heavy atom. The second-order valence-corrected chi connectivity index (χ2v) is 8.64. The minimum atomic E-state index is -0.313. The molecule has 0 saturated heterocycles. The molecule has 2 heterocycles. The Morgan fingerprint density at radius 1 is 1.12 bits per heavy atom. The molecular weight excluding hydrogens is 424 g/mol. The summed E-state index contributed by atoms with van der Waals surface area (Å²) in [4.78, 5) is 29.2. The van der Waals surface area contributed by atoms with Crippen LogP contribution in [-0.4, -0.2) is 37.3 Å². The lowest BCUT2D eigenvalue weighted by molar-refractivity contribution is -0.113. The van der Waals surface area contributed by atoms with Crippen molar-refractivity contribution in [3.05, 3.63) is 65.6 Å². The first-order valence-electron chi connectivity index (χ1n) is 10.5. The van der Waals surface area contributed by atoms with E-state index in [-0.39, 0.29) is 29.5 Å². The molecular formula is C23H28N6O2S. The van der Waals surface area contributed by atoms with Gasteiger partial charge in [-0.15, -0.1) is 10.2 Å². The van der Waals surface area contributed by atoms with Crippen LogP contribution >= 0.6 is 11.8 Å². The van der Waals surface area contributed by atoms with Crippen molar-refractivity contribution in [1.82, 2.24) is 25.1 Å². The molecule has 9 heteroatoms. The van der Waals surface area contributed by atoms with Crippen molar-refractivity contribution in [2.75, 3.05) is 11.1 Å². The number of hydrogen-bond donors (Lipinski definition) is 2. The van der Waals surface area contributed by atoms with Crippen LogP contribution in [0.2, 0.25) is 0 Å². The number of pyridine rings is 1. The van der Waals surface area contributed by atoms with E-state index in [1.807, 2.05) is 56.5 Å². The molecule has 0 aliphatic heterocycles. The van der Waals surface area contributed by atoms with Crippen LogP contribution in [0.4, 0.5) is 5.82 Å². The Labute approximate surface area is 192 Å². The fourth-order valence-corrected chi connectivity index (χ4v) is 4.03. The molecule has 32 heavy (non-hydrogen) atoms. The van der Waals surface area contributed by atoms with Gasteiger partial charge in [0.15, 0.2) is 11.0 Å². The fraction of sp³-hybridized carbons (Fsp3) is 0.348. The average Bonchev–Trinajstić information content (AvgIpc) is 3.18. The van der Waals surface area contributed by atoms with Gasteiger partial charge in [0.25, 0.3) is 5.91 Å². The van der Waals surface area contributed by atoms with Crippen LogP contribution in [0.1, 0.15) is 48.6 Å². The van der Waals surface area contributed by atoms with Crippen LogP contribution in [0.3, 0.4) is 0 Å². The number of benzene rings is 1. The first-order valence-corrected chi connectivity index (χ1v) is 11.5. The van der Waals surface area contributed by atoms with Crippen molar-refractivity contribution < 1.29 is 9.59 Å². The quantitative estimate of drug-likeness (QED) is 0.478. The molecule has 0 aliphatic rings. The third kappa shape index (κ3) is 5.94. The lowest BCUT2D eigenvalue weighted by Gasteiger charge is -2.22. The number of amides is 2. The molecule has 0 radical (unpaired) electrons. The molecule has 0 unspecified atom stereocenters. The molecule has 0 aliphatic carbocycles. The number of carbonyl (C=O) groups excluding carboxylic acids is 2. The largest absolute Gasteiger partial charge is 0.342 e. The molecule has 1 atom stereocenters. The number of thioether (sulfide) groups is 1. The summed E-state index contributed by atoms with van der Waals surface area (Å²) in [7, 11) is 0. The highest BCUT2D eigenvalue weighted by Gasteiger charge is 2.26. The predicted octanol–water partition coefficient (Wildman–Crippen LogP) is 3.86. The lowest BCUT2D eigenvalue weighted by Crippen LogP contribution is -2.33. The zero-order valence-electron chi connectivity index (χ0n) is 18.7. The average molecular weight is 453 g/mol. The van der Waals surface area contributed by atoms with E-state index in [0.29, 0.717) is 28.9 Å². The smallest absolute Gasteiger partial charge is 0.251 e. The molecule has 2 aromatic heterocycles. The molecule has 2 N–H and O–H groups in total. The summed E-state index contributed by atoms with van der Waals surface area (Å²) in [5.41, 5.74) is 1.64. The summed E-state index contributed by atoms with van der Waals surface area (Å²) in [6.45, 7) is 8.63. The molecule has 0 spiro atoms. The maximum absolute atomic E-state index is 12.8. The number of aryl methyl sites for hydroxylation is 1. The second kappa shape index (κ2) is 10.9. The molecule has 168 valence electrons. The summed E-state index contributed by atoms with van der Waals surface area (Å²) in [6, 6.07) is 12.5. The van der Waals surface area contributed by atoms with E-state index in [2.05, 4.69) is 25.8 Å². The van der Waals surface area contributed by atoms with Gasteiger partial charge in [0.1, 0.15) is 5.82 Å². The minimum Gasteiger partial charge on any atom is -0.342 e. The van der Waals surface area contributed by atoms with Crippen molar-refractivity contribution in [3.63, 3.8) is 0 Å². The summed E-state index contributed by atoms with van der Waals surface area (Å²) >= 11 is 1.30. The van der Waals surface area contributed by atoms with Crippen molar-refractivity contribution in [2.45, 2.75) is 45.4 Å². The van der Waals surface area contributed by atoms with Gasteiger partial charge in [0.2, 0.25) is 5.91 Å². The SMILES string of the molecule is CCn1c(SCC(=O)Nc2ccccn2)nnc1[C@@H](NC(=O)c1cccc(C)c1)C(C)C. The number of rotatable bonds is 9. The third-order valence-electron chi connectivity index (χ3n) is 4.84. The molecule has 0 fully saturated rings. The Kier molecular flexibility index (Phi) is 7.99. The predicted molar refractivity (Wildman–Crippen MR) is 126 cm³/mol. The van der Waals surface area contributed by atoms with Crippen LogP contribution < -0.4 is 10.6 Å². The van der Waals surface area contributed by atoms with Crippen LogP contribution in [-0.2, 0) is 11.3 Å². The van der Waals surface area contributed by atoms with Gasteiger partial charge in [0, 0.05) is 18.3 Å². The van der Waals surface area contributed by atoms with Crippen molar-refractivity contribution in [3.8, 4) is 0 Å². The zero-order chi connectivity index (χ0) is 23.1. The number of nitrogens with zero attached hydrogens (tertiary/aromatic N) is 4. The van der Waals surface area contributed by atoms with Crippen molar-refractivity contribution in [2.24, 2.45) is 5.92 Å². The Bertz CT molecular complexity index is 1070. The van der Waals surface area contributed by atoms with Crippen LogP contribution in [0, 0.1) is 12.8 Å². The number of anilines is 1. The summed E-state index contributed by atoms with van der Waals surface area (Å²) in [6.07, 6.45) is 1.62. The summed E-state index contributed by atoms with van der Waals surface area (Å²) < 4.78 is 1.94. The summed E-state index contributed by atoms with van der Waals surface area (Å²) in [5, 5.41) is 15.2. The normalized spacial score (nSPS) is 11.9. The lowest BCUT2D eigenvalue weighted by atomic mass is 10.0. The van der Waals surface area contributed by atoms with E-state index >= 15 is 0 Å². The van der Waals surface area contributed by atoms with E-state index in [4.69, 9.17) is 0 Å².